The summed E-state index contributed by atoms with van der Waals surface area (Å²) in [5.74, 6) is 0.797. The molecule has 0 aliphatic carbocycles. The van der Waals surface area contributed by atoms with Gasteiger partial charge in [-0.15, -0.1) is 0 Å². The van der Waals surface area contributed by atoms with Gasteiger partial charge in [0.1, 0.15) is 0 Å². The van der Waals surface area contributed by atoms with Crippen LogP contribution in [0.5, 0.6) is 0 Å². The minimum Gasteiger partial charge on any atom is -0.483 e. The Morgan fingerprint density at radius 2 is 1.83 bits per heavy atom. The van der Waals surface area contributed by atoms with Gasteiger partial charge >= 0.3 is 0 Å². The fraction of sp³-hybridized carbons (Fsp3) is 0.476. The molecule has 0 bridgehead atoms. The number of hydrogen-bond acceptors (Lipinski definition) is 5. The minimum absolute atomic E-state index is 0.250. The lowest BCUT2D eigenvalue weighted by Crippen LogP contribution is -2.27. The first-order valence-corrected chi connectivity index (χ1v) is 9.50. The first-order valence-electron chi connectivity index (χ1n) is 9.50. The molecule has 0 spiro atoms. The van der Waals surface area contributed by atoms with E-state index in [1.807, 2.05) is 0 Å². The van der Waals surface area contributed by atoms with E-state index >= 15 is 0 Å². The van der Waals surface area contributed by atoms with E-state index in [9.17, 15) is 0 Å². The number of para-hydroxylation sites is 1. The molecule has 8 nitrogen and oxygen atoms in total. The molecule has 1 aromatic heterocycles. The van der Waals surface area contributed by atoms with E-state index in [-0.39, 0.29) is 12.9 Å². The molecule has 2 aromatic rings. The number of aromatic nitrogens is 2. The van der Waals surface area contributed by atoms with E-state index < -0.39 is 0 Å². The number of carboxylic acid groups (broad SMARTS) is 2. The molecule has 0 saturated carbocycles. The van der Waals surface area contributed by atoms with Crippen LogP contribution in [0.4, 0.5) is 0 Å². The maximum Gasteiger partial charge on any atom is 0.290 e. The summed E-state index contributed by atoms with van der Waals surface area (Å²) in [6.07, 6.45) is 1.32. The summed E-state index contributed by atoms with van der Waals surface area (Å²) in [4.78, 5) is 21.6. The molecule has 1 saturated heterocycles. The van der Waals surface area contributed by atoms with Gasteiger partial charge in [-0.3, -0.25) is 9.59 Å². The molecule has 1 unspecified atom stereocenters. The van der Waals surface area contributed by atoms with Gasteiger partial charge in [0, 0.05) is 25.3 Å². The lowest BCUT2D eigenvalue weighted by Gasteiger charge is -2.22. The molecule has 1 atom stereocenters. The smallest absolute Gasteiger partial charge is 0.290 e. The first-order chi connectivity index (χ1) is 13.9. The summed E-state index contributed by atoms with van der Waals surface area (Å²) in [5.41, 5.74) is 4.80. The lowest BCUT2D eigenvalue weighted by molar-refractivity contribution is -0.123. The van der Waals surface area contributed by atoms with Gasteiger partial charge in [0.25, 0.3) is 12.9 Å². The van der Waals surface area contributed by atoms with Crippen molar-refractivity contribution >= 4 is 12.9 Å². The predicted molar refractivity (Wildman–Crippen MR) is 112 cm³/mol. The Morgan fingerprint density at radius 1 is 1.21 bits per heavy atom. The maximum atomic E-state index is 8.36. The number of aryl methyl sites for hydroxylation is 2. The van der Waals surface area contributed by atoms with Gasteiger partial charge in [-0.1, -0.05) is 18.2 Å². The van der Waals surface area contributed by atoms with Gasteiger partial charge in [-0.2, -0.15) is 5.10 Å². The maximum absolute atomic E-state index is 8.36. The highest BCUT2D eigenvalue weighted by molar-refractivity contribution is 5.41. The average Bonchev–Trinajstić information content (AvgIpc) is 3.21. The normalized spacial score (nSPS) is 15.8. The van der Waals surface area contributed by atoms with Crippen molar-refractivity contribution < 1.29 is 19.8 Å². The molecule has 1 fully saturated rings. The zero-order valence-electron chi connectivity index (χ0n) is 17.7. The van der Waals surface area contributed by atoms with E-state index in [2.05, 4.69) is 77.9 Å². The highest BCUT2D eigenvalue weighted by Gasteiger charge is 2.21. The van der Waals surface area contributed by atoms with Crippen LogP contribution in [0, 0.1) is 19.8 Å². The van der Waals surface area contributed by atoms with E-state index in [4.69, 9.17) is 19.8 Å². The number of rotatable bonds is 5. The quantitative estimate of drug-likeness (QED) is 0.738. The zero-order chi connectivity index (χ0) is 21.8. The third kappa shape index (κ3) is 8.05. The minimum atomic E-state index is -0.250. The van der Waals surface area contributed by atoms with Crippen LogP contribution in [-0.2, 0) is 16.1 Å². The van der Waals surface area contributed by atoms with Crippen molar-refractivity contribution in [2.45, 2.75) is 26.8 Å². The fourth-order valence-electron chi connectivity index (χ4n) is 3.70. The number of hydrogen-bond donors (Lipinski definition) is 2. The number of nitrogens with zero attached hydrogens (tertiary/aromatic N) is 4. The lowest BCUT2D eigenvalue weighted by atomic mass is 10.1. The Hall–Kier alpha value is -2.71. The Kier molecular flexibility index (Phi) is 10.6. The van der Waals surface area contributed by atoms with Gasteiger partial charge in [-0.05, 0) is 64.5 Å². The Morgan fingerprint density at radius 3 is 2.34 bits per heavy atom. The van der Waals surface area contributed by atoms with Crippen molar-refractivity contribution in [2.75, 3.05) is 33.7 Å². The number of benzene rings is 1. The Balaban J connectivity index is 0.000000626. The average molecular weight is 405 g/mol. The van der Waals surface area contributed by atoms with Crippen LogP contribution in [0.1, 0.15) is 23.4 Å². The predicted octanol–water partition coefficient (Wildman–Crippen LogP) is 2.27. The van der Waals surface area contributed by atoms with Crippen molar-refractivity contribution in [3.63, 3.8) is 0 Å². The molecule has 2 heterocycles. The molecular formula is C21H32N4O4. The molecule has 8 heteroatoms. The third-order valence-corrected chi connectivity index (χ3v) is 4.73. The Labute approximate surface area is 172 Å². The van der Waals surface area contributed by atoms with Crippen molar-refractivity contribution in [3.8, 4) is 5.69 Å². The summed E-state index contributed by atoms with van der Waals surface area (Å²) in [6.45, 7) is 8.26. The third-order valence-electron chi connectivity index (χ3n) is 4.73. The summed E-state index contributed by atoms with van der Waals surface area (Å²) in [6, 6.07) is 10.8. The molecule has 0 radical (unpaired) electrons. The SMILES string of the molecule is Cc1cc(C)n(-c2ccccc2CN(C)CC2CCN(C)C2)n1.O=CO.O=CO. The highest BCUT2D eigenvalue weighted by Crippen LogP contribution is 2.20. The molecule has 160 valence electrons. The van der Waals surface area contributed by atoms with E-state index in [1.54, 1.807) is 0 Å². The van der Waals surface area contributed by atoms with E-state index in [1.165, 1.54) is 36.5 Å². The monoisotopic (exact) mass is 404 g/mol. The topological polar surface area (TPSA) is 98.9 Å². The molecule has 1 aliphatic heterocycles. The standard InChI is InChI=1S/C19H28N4.2CH2O2/c1-15-11-16(2)23(20-15)19-8-6-5-7-18(19)14-22(4)13-17-9-10-21(3)12-17;2*2-1-3/h5-8,11,17H,9-10,12-14H2,1-4H3;2*1H,(H,2,3). The molecule has 2 N–H and O–H groups in total. The van der Waals surface area contributed by atoms with Crippen LogP contribution in [0.2, 0.25) is 0 Å². The highest BCUT2D eigenvalue weighted by atomic mass is 16.3. The molecule has 0 amide bonds. The zero-order valence-corrected chi connectivity index (χ0v) is 17.7. The summed E-state index contributed by atoms with van der Waals surface area (Å²) >= 11 is 0. The van der Waals surface area contributed by atoms with Crippen LogP contribution in [-0.4, -0.2) is 76.5 Å². The van der Waals surface area contributed by atoms with E-state index in [0.29, 0.717) is 0 Å². The summed E-state index contributed by atoms with van der Waals surface area (Å²) in [7, 11) is 4.45. The van der Waals surface area contributed by atoms with E-state index in [0.717, 1.165) is 24.7 Å². The van der Waals surface area contributed by atoms with Gasteiger partial charge in [-0.25, -0.2) is 4.68 Å². The van der Waals surface area contributed by atoms with Crippen LogP contribution < -0.4 is 0 Å². The molecule has 29 heavy (non-hydrogen) atoms. The second-order valence-corrected chi connectivity index (χ2v) is 7.29. The van der Waals surface area contributed by atoms with Gasteiger partial charge in [0.15, 0.2) is 0 Å². The van der Waals surface area contributed by atoms with Crippen molar-refractivity contribution in [2.24, 2.45) is 5.92 Å². The van der Waals surface area contributed by atoms with Crippen LogP contribution in [0.15, 0.2) is 30.3 Å². The molecular weight excluding hydrogens is 372 g/mol. The molecule has 1 aliphatic rings. The van der Waals surface area contributed by atoms with Crippen LogP contribution in [0.25, 0.3) is 5.69 Å². The second-order valence-electron chi connectivity index (χ2n) is 7.29. The van der Waals surface area contributed by atoms with Crippen LogP contribution >= 0.6 is 0 Å². The van der Waals surface area contributed by atoms with Crippen LogP contribution in [0.3, 0.4) is 0 Å². The summed E-state index contributed by atoms with van der Waals surface area (Å²) < 4.78 is 2.07. The van der Waals surface area contributed by atoms with Crippen molar-refractivity contribution in [3.05, 3.63) is 47.3 Å². The van der Waals surface area contributed by atoms with Crippen molar-refractivity contribution in [1.29, 1.82) is 0 Å². The summed E-state index contributed by atoms with van der Waals surface area (Å²) in [5, 5.41) is 18.4. The Bertz CT molecular complexity index is 757. The fourth-order valence-corrected chi connectivity index (χ4v) is 3.70. The molecule has 1 aromatic carbocycles. The number of likely N-dealkylation sites (tertiary alicyclic amines) is 1. The van der Waals surface area contributed by atoms with Crippen molar-refractivity contribution in [1.82, 2.24) is 19.6 Å². The number of carbonyl (C=O) groups is 2. The largest absolute Gasteiger partial charge is 0.483 e. The van der Waals surface area contributed by atoms with Gasteiger partial charge < -0.3 is 20.0 Å². The molecule has 3 rings (SSSR count). The first kappa shape index (κ1) is 24.3. The second kappa shape index (κ2) is 12.7. The van der Waals surface area contributed by atoms with Gasteiger partial charge in [0.2, 0.25) is 0 Å². The van der Waals surface area contributed by atoms with Gasteiger partial charge in [0.05, 0.1) is 11.4 Å².